The summed E-state index contributed by atoms with van der Waals surface area (Å²) in [6, 6.07) is 0. The van der Waals surface area contributed by atoms with Gasteiger partial charge in [0.1, 0.15) is 0 Å². The minimum absolute atomic E-state index is 0.558. The molecule has 0 aromatic carbocycles. The molecule has 3 N–H and O–H groups in total. The summed E-state index contributed by atoms with van der Waals surface area (Å²) in [6.45, 7) is 2.68. The average Bonchev–Trinajstić information content (AvgIpc) is 2.60. The summed E-state index contributed by atoms with van der Waals surface area (Å²) in [6.07, 6.45) is 4.98. The van der Waals surface area contributed by atoms with Crippen LogP contribution in [-0.2, 0) is 13.6 Å². The number of hydrogen-bond donors (Lipinski definition) is 2. The molecule has 0 bridgehead atoms. The zero-order valence-electron chi connectivity index (χ0n) is 9.31. The fourth-order valence-corrected chi connectivity index (χ4v) is 1.32. The molecule has 6 heteroatoms. The van der Waals surface area contributed by atoms with Gasteiger partial charge in [0.25, 0.3) is 0 Å². The highest BCUT2D eigenvalue weighted by molar-refractivity contribution is 5.36. The maximum atomic E-state index is 5.50. The van der Waals surface area contributed by atoms with Crippen LogP contribution in [0.5, 0.6) is 0 Å². The Labute approximate surface area is 93.5 Å². The fourth-order valence-electron chi connectivity index (χ4n) is 1.32. The number of rotatable bonds is 3. The van der Waals surface area contributed by atoms with Gasteiger partial charge in [0.2, 0.25) is 5.95 Å². The van der Waals surface area contributed by atoms with Crippen molar-refractivity contribution in [2.45, 2.75) is 13.5 Å². The number of anilines is 2. The van der Waals surface area contributed by atoms with Crippen LogP contribution in [-0.4, -0.2) is 19.7 Å². The molecule has 0 spiro atoms. The van der Waals surface area contributed by atoms with E-state index in [1.165, 1.54) is 0 Å². The Morgan fingerprint density at radius 1 is 1.31 bits per heavy atom. The molecule has 0 aliphatic carbocycles. The van der Waals surface area contributed by atoms with Crippen LogP contribution >= 0.6 is 0 Å². The third-order valence-corrected chi connectivity index (χ3v) is 2.45. The van der Waals surface area contributed by atoms with Crippen molar-refractivity contribution in [3.05, 3.63) is 29.8 Å². The normalized spacial score (nSPS) is 10.4. The van der Waals surface area contributed by atoms with Gasteiger partial charge in [0.05, 0.1) is 24.3 Å². The molecule has 0 unspecified atom stereocenters. The van der Waals surface area contributed by atoms with E-state index in [0.717, 1.165) is 11.3 Å². The van der Waals surface area contributed by atoms with Crippen molar-refractivity contribution in [3.63, 3.8) is 0 Å². The van der Waals surface area contributed by atoms with E-state index >= 15 is 0 Å². The predicted molar refractivity (Wildman–Crippen MR) is 61.7 cm³/mol. The van der Waals surface area contributed by atoms with Crippen LogP contribution in [0.15, 0.2) is 18.6 Å². The monoisotopic (exact) mass is 218 g/mol. The maximum absolute atomic E-state index is 5.50. The molecule has 0 radical (unpaired) electrons. The van der Waals surface area contributed by atoms with Crippen LogP contribution in [0.4, 0.5) is 11.6 Å². The Kier molecular flexibility index (Phi) is 2.72. The Bertz CT molecular complexity index is 473. The molecule has 6 nitrogen and oxygen atoms in total. The van der Waals surface area contributed by atoms with Crippen molar-refractivity contribution in [2.75, 3.05) is 11.1 Å². The molecule has 0 saturated carbocycles. The van der Waals surface area contributed by atoms with Crippen LogP contribution in [0, 0.1) is 6.92 Å². The van der Waals surface area contributed by atoms with Gasteiger partial charge in [-0.15, -0.1) is 0 Å². The minimum atomic E-state index is 0.558. The lowest BCUT2D eigenvalue weighted by Gasteiger charge is -2.04. The summed E-state index contributed by atoms with van der Waals surface area (Å²) in [4.78, 5) is 8.11. The summed E-state index contributed by atoms with van der Waals surface area (Å²) in [5.74, 6) is 0.567. The number of nitrogen functional groups attached to an aromatic ring is 1. The van der Waals surface area contributed by atoms with E-state index in [2.05, 4.69) is 20.4 Å². The van der Waals surface area contributed by atoms with Gasteiger partial charge in [0.15, 0.2) is 0 Å². The highest BCUT2D eigenvalue weighted by Crippen LogP contribution is 2.08. The molecule has 84 valence electrons. The van der Waals surface area contributed by atoms with E-state index in [4.69, 9.17) is 5.73 Å². The van der Waals surface area contributed by atoms with Gasteiger partial charge in [0, 0.05) is 24.8 Å². The first-order chi connectivity index (χ1) is 7.66. The molecule has 2 rings (SSSR count). The predicted octanol–water partition coefficient (Wildman–Crippen LogP) is 0.713. The van der Waals surface area contributed by atoms with Gasteiger partial charge in [-0.3, -0.25) is 4.68 Å². The third kappa shape index (κ3) is 2.10. The SMILES string of the molecule is Cc1c(CNc2ncc(N)cn2)cnn1C. The number of aromatic nitrogens is 4. The maximum Gasteiger partial charge on any atom is 0.222 e. The lowest BCUT2D eigenvalue weighted by atomic mass is 10.2. The van der Waals surface area contributed by atoms with Crippen molar-refractivity contribution in [2.24, 2.45) is 7.05 Å². The van der Waals surface area contributed by atoms with E-state index in [1.54, 1.807) is 12.4 Å². The molecule has 2 aromatic rings. The minimum Gasteiger partial charge on any atom is -0.396 e. The summed E-state index contributed by atoms with van der Waals surface area (Å²) < 4.78 is 1.83. The van der Waals surface area contributed by atoms with E-state index in [9.17, 15) is 0 Å². The smallest absolute Gasteiger partial charge is 0.222 e. The van der Waals surface area contributed by atoms with Gasteiger partial charge >= 0.3 is 0 Å². The average molecular weight is 218 g/mol. The second-order valence-corrected chi connectivity index (χ2v) is 3.57. The molecular formula is C10H14N6. The Balaban J connectivity index is 2.02. The number of hydrogen-bond acceptors (Lipinski definition) is 5. The highest BCUT2D eigenvalue weighted by atomic mass is 15.3. The van der Waals surface area contributed by atoms with Crippen LogP contribution in [0.2, 0.25) is 0 Å². The summed E-state index contributed by atoms with van der Waals surface area (Å²) in [7, 11) is 1.92. The summed E-state index contributed by atoms with van der Waals surface area (Å²) in [5.41, 5.74) is 8.31. The standard InChI is InChI=1S/C10H14N6/c1-7-8(4-15-16(7)2)3-12-10-13-5-9(11)6-14-10/h4-6H,3,11H2,1-2H3,(H,12,13,14). The molecule has 16 heavy (non-hydrogen) atoms. The Morgan fingerprint density at radius 2 is 2.00 bits per heavy atom. The molecule has 2 aromatic heterocycles. The lowest BCUT2D eigenvalue weighted by molar-refractivity contribution is 0.738. The van der Waals surface area contributed by atoms with Crippen LogP contribution in [0.1, 0.15) is 11.3 Å². The molecule has 0 aliphatic rings. The Morgan fingerprint density at radius 3 is 2.56 bits per heavy atom. The fraction of sp³-hybridized carbons (Fsp3) is 0.300. The first-order valence-corrected chi connectivity index (χ1v) is 4.95. The second kappa shape index (κ2) is 4.18. The summed E-state index contributed by atoms with van der Waals surface area (Å²) >= 11 is 0. The molecule has 2 heterocycles. The zero-order chi connectivity index (χ0) is 11.5. The molecule has 0 aliphatic heterocycles. The first-order valence-electron chi connectivity index (χ1n) is 4.95. The largest absolute Gasteiger partial charge is 0.396 e. The van der Waals surface area contributed by atoms with Gasteiger partial charge in [-0.2, -0.15) is 5.10 Å². The van der Waals surface area contributed by atoms with Gasteiger partial charge < -0.3 is 11.1 Å². The van der Waals surface area contributed by atoms with Crippen LogP contribution in [0.3, 0.4) is 0 Å². The zero-order valence-corrected chi connectivity index (χ0v) is 9.31. The van der Waals surface area contributed by atoms with E-state index in [0.29, 0.717) is 18.2 Å². The molecule has 0 saturated heterocycles. The van der Waals surface area contributed by atoms with Crippen molar-refractivity contribution in [1.29, 1.82) is 0 Å². The first kappa shape index (κ1) is 10.4. The van der Waals surface area contributed by atoms with E-state index in [-0.39, 0.29) is 0 Å². The summed E-state index contributed by atoms with van der Waals surface area (Å²) in [5, 5.41) is 7.27. The molecular weight excluding hydrogens is 204 g/mol. The van der Waals surface area contributed by atoms with Crippen molar-refractivity contribution < 1.29 is 0 Å². The highest BCUT2D eigenvalue weighted by Gasteiger charge is 2.03. The van der Waals surface area contributed by atoms with Crippen LogP contribution < -0.4 is 11.1 Å². The van der Waals surface area contributed by atoms with Crippen molar-refractivity contribution >= 4 is 11.6 Å². The van der Waals surface area contributed by atoms with Gasteiger partial charge in [-0.25, -0.2) is 9.97 Å². The van der Waals surface area contributed by atoms with E-state index in [1.807, 2.05) is 24.9 Å². The number of aryl methyl sites for hydroxylation is 1. The number of nitrogens with one attached hydrogen (secondary N) is 1. The molecule has 0 amide bonds. The topological polar surface area (TPSA) is 81.7 Å². The third-order valence-electron chi connectivity index (χ3n) is 2.45. The molecule has 0 fully saturated rings. The molecule has 0 atom stereocenters. The quantitative estimate of drug-likeness (QED) is 0.793. The van der Waals surface area contributed by atoms with Gasteiger partial charge in [-0.1, -0.05) is 0 Å². The van der Waals surface area contributed by atoms with Crippen LogP contribution in [0.25, 0.3) is 0 Å². The van der Waals surface area contributed by atoms with E-state index < -0.39 is 0 Å². The van der Waals surface area contributed by atoms with Crippen molar-refractivity contribution in [1.82, 2.24) is 19.7 Å². The van der Waals surface area contributed by atoms with Crippen molar-refractivity contribution in [3.8, 4) is 0 Å². The number of nitrogens with two attached hydrogens (primary N) is 1. The Hall–Kier alpha value is -2.11. The second-order valence-electron chi connectivity index (χ2n) is 3.57. The number of nitrogens with zero attached hydrogens (tertiary/aromatic N) is 4. The van der Waals surface area contributed by atoms with Gasteiger partial charge in [-0.05, 0) is 6.92 Å². The lowest BCUT2D eigenvalue weighted by Crippen LogP contribution is -2.04.